The van der Waals surface area contributed by atoms with Crippen molar-refractivity contribution in [2.75, 3.05) is 19.8 Å². The van der Waals surface area contributed by atoms with Gasteiger partial charge >= 0.3 is 6.18 Å². The number of halogens is 4. The molecule has 0 spiro atoms. The van der Waals surface area contributed by atoms with E-state index in [1.165, 1.54) is 12.1 Å². The van der Waals surface area contributed by atoms with Crippen LogP contribution in [-0.4, -0.2) is 39.4 Å². The number of alkyl halides is 3. The molecule has 0 saturated heterocycles. The summed E-state index contributed by atoms with van der Waals surface area (Å²) >= 11 is 6.12. The lowest BCUT2D eigenvalue weighted by Gasteiger charge is -2.15. The Hall–Kier alpha value is -3.09. The number of hydrogen-bond donors (Lipinski definition) is 1. The standard InChI is InChI=1S/C23H19ClF3NO7S/c24-17-3-1-2-15-18(29)11-20(35-22(15)17)16-7-4-13(23(25,26)27)10-19(16)34-9-8-33-12-21(30)28-36(31,32)14-5-6-14/h1-4,7,10-11,14H,5-6,8-9,12H2,(H,28,30). The second-order valence-electron chi connectivity index (χ2n) is 7.97. The third-order valence-corrected chi connectivity index (χ3v) is 7.38. The van der Waals surface area contributed by atoms with Gasteiger partial charge in [0.25, 0.3) is 5.91 Å². The van der Waals surface area contributed by atoms with E-state index >= 15 is 0 Å². The summed E-state index contributed by atoms with van der Waals surface area (Å²) in [6, 6.07) is 8.37. The summed E-state index contributed by atoms with van der Waals surface area (Å²) in [5.41, 5.74) is -1.30. The fraction of sp³-hybridized carbons (Fsp3) is 0.304. The molecule has 0 unspecified atom stereocenters. The molecule has 1 amide bonds. The number of benzene rings is 2. The number of para-hydroxylation sites is 1. The number of sulfonamides is 1. The van der Waals surface area contributed by atoms with E-state index in [-0.39, 0.29) is 46.3 Å². The van der Waals surface area contributed by atoms with Gasteiger partial charge in [-0.25, -0.2) is 8.42 Å². The number of carbonyl (C=O) groups excluding carboxylic acids is 1. The maximum absolute atomic E-state index is 13.3. The van der Waals surface area contributed by atoms with Crippen LogP contribution in [-0.2, 0) is 25.7 Å². The zero-order valence-corrected chi connectivity index (χ0v) is 20.0. The van der Waals surface area contributed by atoms with Crippen molar-refractivity contribution in [2.24, 2.45) is 0 Å². The molecule has 1 fully saturated rings. The minimum absolute atomic E-state index is 0.0603. The van der Waals surface area contributed by atoms with E-state index in [1.54, 1.807) is 6.07 Å². The van der Waals surface area contributed by atoms with Crippen LogP contribution in [0.1, 0.15) is 18.4 Å². The molecule has 1 heterocycles. The maximum atomic E-state index is 13.3. The summed E-state index contributed by atoms with van der Waals surface area (Å²) in [5, 5.41) is -0.221. The first-order valence-electron chi connectivity index (χ1n) is 10.6. The molecular formula is C23H19ClF3NO7S. The third kappa shape index (κ3) is 6.00. The van der Waals surface area contributed by atoms with Crippen LogP contribution in [0.4, 0.5) is 13.2 Å². The first-order chi connectivity index (χ1) is 17.0. The molecule has 0 bridgehead atoms. The smallest absolute Gasteiger partial charge is 0.416 e. The van der Waals surface area contributed by atoms with E-state index in [1.807, 2.05) is 4.72 Å². The molecule has 8 nitrogen and oxygen atoms in total. The highest BCUT2D eigenvalue weighted by molar-refractivity contribution is 7.90. The first kappa shape index (κ1) is 26.0. The van der Waals surface area contributed by atoms with Gasteiger partial charge in [0.2, 0.25) is 10.0 Å². The third-order valence-electron chi connectivity index (χ3n) is 5.22. The highest BCUT2D eigenvalue weighted by Gasteiger charge is 2.36. The SMILES string of the molecule is O=C(COCCOc1cc(C(F)(F)F)ccc1-c1cc(=O)c2cccc(Cl)c2o1)NS(=O)(=O)C1CC1. The Morgan fingerprint density at radius 1 is 1.14 bits per heavy atom. The minimum Gasteiger partial charge on any atom is -0.490 e. The average Bonchev–Trinajstić information content (AvgIpc) is 3.65. The van der Waals surface area contributed by atoms with Crippen LogP contribution in [0, 0.1) is 0 Å². The van der Waals surface area contributed by atoms with Crippen LogP contribution in [0.5, 0.6) is 5.75 Å². The molecule has 4 rings (SSSR count). The van der Waals surface area contributed by atoms with Crippen molar-refractivity contribution in [1.82, 2.24) is 4.72 Å². The van der Waals surface area contributed by atoms with Gasteiger partial charge in [0, 0.05) is 6.07 Å². The monoisotopic (exact) mass is 545 g/mol. The molecule has 13 heteroatoms. The molecule has 1 N–H and O–H groups in total. The molecule has 1 saturated carbocycles. The number of carbonyl (C=O) groups is 1. The molecule has 1 aromatic heterocycles. The predicted molar refractivity (Wildman–Crippen MR) is 124 cm³/mol. The van der Waals surface area contributed by atoms with Gasteiger partial charge in [-0.1, -0.05) is 17.7 Å². The molecule has 3 aromatic rings. The maximum Gasteiger partial charge on any atom is 0.416 e. The van der Waals surface area contributed by atoms with Crippen LogP contribution in [0.2, 0.25) is 5.02 Å². The zero-order chi connectivity index (χ0) is 26.1. The number of hydrogen-bond acceptors (Lipinski definition) is 7. The summed E-state index contributed by atoms with van der Waals surface area (Å²) in [4.78, 5) is 24.3. The molecule has 1 aliphatic rings. The van der Waals surface area contributed by atoms with Crippen LogP contribution >= 0.6 is 11.6 Å². The largest absolute Gasteiger partial charge is 0.490 e. The number of ether oxygens (including phenoxy) is 2. The van der Waals surface area contributed by atoms with Crippen LogP contribution in [0.3, 0.4) is 0 Å². The lowest BCUT2D eigenvalue weighted by atomic mass is 10.1. The van der Waals surface area contributed by atoms with Gasteiger partial charge in [-0.2, -0.15) is 13.2 Å². The van der Waals surface area contributed by atoms with Crippen molar-refractivity contribution >= 4 is 38.5 Å². The fourth-order valence-electron chi connectivity index (χ4n) is 3.32. The Morgan fingerprint density at radius 2 is 1.89 bits per heavy atom. The quantitative estimate of drug-likeness (QED) is 0.402. The molecule has 0 atom stereocenters. The molecule has 192 valence electrons. The minimum atomic E-state index is -4.66. The van der Waals surface area contributed by atoms with E-state index in [2.05, 4.69) is 0 Å². The predicted octanol–water partition coefficient (Wildman–Crippen LogP) is 4.14. The second-order valence-corrected chi connectivity index (χ2v) is 10.3. The lowest BCUT2D eigenvalue weighted by Crippen LogP contribution is -2.36. The Kier molecular flexibility index (Phi) is 7.30. The number of fused-ring (bicyclic) bond motifs is 1. The average molecular weight is 546 g/mol. The van der Waals surface area contributed by atoms with Crippen LogP contribution in [0.15, 0.2) is 51.7 Å². The number of nitrogens with one attached hydrogen (secondary N) is 1. The molecule has 1 aliphatic carbocycles. The van der Waals surface area contributed by atoms with Crippen LogP contribution < -0.4 is 14.9 Å². The topological polar surface area (TPSA) is 112 Å². The molecule has 0 aliphatic heterocycles. The molecule has 0 radical (unpaired) electrons. The second kappa shape index (κ2) is 10.1. The summed E-state index contributed by atoms with van der Waals surface area (Å²) < 4.78 is 81.5. The highest BCUT2D eigenvalue weighted by Crippen LogP contribution is 2.38. The van der Waals surface area contributed by atoms with Crippen molar-refractivity contribution in [3.8, 4) is 17.1 Å². The van der Waals surface area contributed by atoms with E-state index in [0.717, 1.165) is 24.3 Å². The van der Waals surface area contributed by atoms with E-state index in [9.17, 15) is 31.2 Å². The highest BCUT2D eigenvalue weighted by atomic mass is 35.5. The summed E-state index contributed by atoms with van der Waals surface area (Å²) in [6.45, 7) is -1.10. The molecule has 36 heavy (non-hydrogen) atoms. The lowest BCUT2D eigenvalue weighted by molar-refractivity contribution is -0.137. The normalized spacial score (nSPS) is 14.1. The first-order valence-corrected chi connectivity index (χ1v) is 12.6. The van der Waals surface area contributed by atoms with Gasteiger partial charge in [0.15, 0.2) is 11.0 Å². The van der Waals surface area contributed by atoms with Gasteiger partial charge in [-0.15, -0.1) is 0 Å². The van der Waals surface area contributed by atoms with Crippen LogP contribution in [0.25, 0.3) is 22.3 Å². The van der Waals surface area contributed by atoms with Crippen molar-refractivity contribution in [2.45, 2.75) is 24.3 Å². The van der Waals surface area contributed by atoms with Gasteiger partial charge in [-0.05, 0) is 43.2 Å². The van der Waals surface area contributed by atoms with Gasteiger partial charge in [0.05, 0.1) is 33.4 Å². The Bertz CT molecular complexity index is 1470. The van der Waals surface area contributed by atoms with E-state index in [4.69, 9.17) is 25.5 Å². The Morgan fingerprint density at radius 3 is 2.58 bits per heavy atom. The Balaban J connectivity index is 1.50. The van der Waals surface area contributed by atoms with Crippen molar-refractivity contribution in [1.29, 1.82) is 0 Å². The zero-order valence-electron chi connectivity index (χ0n) is 18.4. The van der Waals surface area contributed by atoms with Crippen molar-refractivity contribution < 1.29 is 40.3 Å². The van der Waals surface area contributed by atoms with Crippen molar-refractivity contribution in [3.05, 3.63) is 63.3 Å². The summed E-state index contributed by atoms with van der Waals surface area (Å²) in [7, 11) is -3.71. The van der Waals surface area contributed by atoms with Crippen molar-refractivity contribution in [3.63, 3.8) is 0 Å². The molecule has 2 aromatic carbocycles. The Labute approximate surface area is 208 Å². The molecular weight excluding hydrogens is 527 g/mol. The van der Waals surface area contributed by atoms with E-state index < -0.39 is 45.0 Å². The summed E-state index contributed by atoms with van der Waals surface area (Å²) in [6.07, 6.45) is -3.69. The van der Waals surface area contributed by atoms with E-state index in [0.29, 0.717) is 12.8 Å². The number of amides is 1. The van der Waals surface area contributed by atoms with Gasteiger partial charge in [0.1, 0.15) is 24.7 Å². The summed E-state index contributed by atoms with van der Waals surface area (Å²) in [5.74, 6) is -1.17. The number of rotatable bonds is 9. The van der Waals surface area contributed by atoms with Gasteiger partial charge in [-0.3, -0.25) is 14.3 Å². The fourth-order valence-corrected chi connectivity index (χ4v) is 4.84. The van der Waals surface area contributed by atoms with Gasteiger partial charge < -0.3 is 13.9 Å².